The molecule has 31 heavy (non-hydrogen) atoms. The van der Waals surface area contributed by atoms with Crippen molar-refractivity contribution in [2.75, 3.05) is 12.1 Å². The van der Waals surface area contributed by atoms with E-state index < -0.39 is 24.2 Å². The van der Waals surface area contributed by atoms with E-state index in [2.05, 4.69) is 20.6 Å². The lowest BCUT2D eigenvalue weighted by Crippen LogP contribution is -2.53. The number of aliphatic hydroxyl groups is 2. The Bertz CT molecular complexity index is 1000. The number of carbonyl (C=O) groups is 1. The monoisotopic (exact) mass is 442 g/mol. The summed E-state index contributed by atoms with van der Waals surface area (Å²) in [6, 6.07) is 8.60. The molecule has 5 atom stereocenters. The van der Waals surface area contributed by atoms with Crippen molar-refractivity contribution in [3.05, 3.63) is 48.3 Å². The number of thioether (sulfide) groups is 1. The van der Waals surface area contributed by atoms with E-state index in [1.54, 1.807) is 12.4 Å². The van der Waals surface area contributed by atoms with Crippen molar-refractivity contribution in [3.63, 3.8) is 0 Å². The average molecular weight is 442 g/mol. The molecule has 0 radical (unpaired) electrons. The summed E-state index contributed by atoms with van der Waals surface area (Å²) in [6.45, 7) is 0.547. The van der Waals surface area contributed by atoms with Crippen LogP contribution in [0.25, 0.3) is 0 Å². The molecule has 1 aromatic carbocycles. The Hall–Kier alpha value is -2.82. The highest BCUT2D eigenvalue weighted by molar-refractivity contribution is 8.15. The zero-order valence-corrected chi connectivity index (χ0v) is 17.3. The van der Waals surface area contributed by atoms with E-state index in [4.69, 9.17) is 9.47 Å². The number of rotatable bonds is 4. The van der Waals surface area contributed by atoms with E-state index in [9.17, 15) is 15.0 Å². The van der Waals surface area contributed by atoms with Crippen LogP contribution >= 0.6 is 11.8 Å². The third-order valence-electron chi connectivity index (χ3n) is 5.64. The van der Waals surface area contributed by atoms with Gasteiger partial charge in [0.1, 0.15) is 6.10 Å². The normalized spacial score (nSPS) is 28.6. The number of benzene rings is 1. The SMILES string of the molecule is O=C(NCc1cccnc1)[C@H]1C[C@@H](O)[C@H](O)[C@@H]2N=C(Nc3ccc4c(c3)OCO4)S[C@@H]21. The summed E-state index contributed by atoms with van der Waals surface area (Å²) in [5.74, 6) is 0.681. The first-order chi connectivity index (χ1) is 15.1. The molecule has 0 spiro atoms. The number of amides is 1. The maximum absolute atomic E-state index is 12.9. The number of ether oxygens (including phenoxy) is 2. The standard InChI is InChI=1S/C21H22N4O5S/c26-14-7-13(20(28)23-9-11-2-1-5-22-8-11)19-17(18(14)27)25-21(31-19)24-12-3-4-15-16(6-12)30-10-29-15/h1-6,8,13-14,17-19,26-27H,7,9-10H2,(H,23,28)(H,24,25)/t13-,14+,17-,18-,19+/m0/s1. The number of hydrogen-bond acceptors (Lipinski definition) is 9. The molecule has 3 heterocycles. The van der Waals surface area contributed by atoms with Gasteiger partial charge in [0.2, 0.25) is 12.7 Å². The van der Waals surface area contributed by atoms with Gasteiger partial charge in [0.05, 0.1) is 18.1 Å². The Balaban J connectivity index is 1.28. The predicted octanol–water partition coefficient (Wildman–Crippen LogP) is 1.12. The molecule has 162 valence electrons. The van der Waals surface area contributed by atoms with Crippen molar-refractivity contribution in [2.24, 2.45) is 10.9 Å². The highest BCUT2D eigenvalue weighted by Crippen LogP contribution is 2.42. The number of aromatic nitrogens is 1. The quantitative estimate of drug-likeness (QED) is 0.555. The van der Waals surface area contributed by atoms with Crippen molar-refractivity contribution in [3.8, 4) is 11.5 Å². The Labute approximate surface area is 182 Å². The summed E-state index contributed by atoms with van der Waals surface area (Å²) in [6.07, 6.45) is 1.53. The number of fused-ring (bicyclic) bond motifs is 2. The van der Waals surface area contributed by atoms with Crippen LogP contribution in [0, 0.1) is 5.92 Å². The van der Waals surface area contributed by atoms with Gasteiger partial charge in [-0.1, -0.05) is 17.8 Å². The topological polar surface area (TPSA) is 125 Å². The van der Waals surface area contributed by atoms with Crippen LogP contribution in [0.4, 0.5) is 5.69 Å². The van der Waals surface area contributed by atoms with Crippen LogP contribution in [-0.4, -0.2) is 56.6 Å². The van der Waals surface area contributed by atoms with Gasteiger partial charge in [-0.15, -0.1) is 0 Å². The summed E-state index contributed by atoms with van der Waals surface area (Å²) in [4.78, 5) is 21.5. The summed E-state index contributed by atoms with van der Waals surface area (Å²) < 4.78 is 10.7. The molecule has 0 bridgehead atoms. The molecule has 4 N–H and O–H groups in total. The lowest BCUT2D eigenvalue weighted by atomic mass is 9.81. The zero-order valence-electron chi connectivity index (χ0n) is 16.5. The number of carbonyl (C=O) groups excluding carboxylic acids is 1. The third-order valence-corrected chi connectivity index (χ3v) is 6.95. The lowest BCUT2D eigenvalue weighted by Gasteiger charge is -2.37. The second-order valence-electron chi connectivity index (χ2n) is 7.68. The molecule has 10 heteroatoms. The maximum Gasteiger partial charge on any atom is 0.231 e. The fourth-order valence-electron chi connectivity index (χ4n) is 4.03. The first kappa shape index (κ1) is 20.1. The molecule has 1 saturated carbocycles. The molecule has 2 aromatic rings. The Kier molecular flexibility index (Phi) is 5.43. The molecule has 1 aromatic heterocycles. The highest BCUT2D eigenvalue weighted by Gasteiger charge is 2.50. The maximum atomic E-state index is 12.9. The number of nitrogens with one attached hydrogen (secondary N) is 2. The Morgan fingerprint density at radius 1 is 1.23 bits per heavy atom. The molecular formula is C21H22N4O5S. The fourth-order valence-corrected chi connectivity index (χ4v) is 5.41. The van der Waals surface area contributed by atoms with E-state index >= 15 is 0 Å². The molecular weight excluding hydrogens is 420 g/mol. The van der Waals surface area contributed by atoms with Gasteiger partial charge in [-0.3, -0.25) is 14.8 Å². The van der Waals surface area contributed by atoms with Gasteiger partial charge in [-0.05, 0) is 30.2 Å². The largest absolute Gasteiger partial charge is 0.454 e. The molecule has 1 aliphatic carbocycles. The number of nitrogens with zero attached hydrogens (tertiary/aromatic N) is 2. The summed E-state index contributed by atoms with van der Waals surface area (Å²) in [5.41, 5.74) is 1.66. The summed E-state index contributed by atoms with van der Waals surface area (Å²) >= 11 is 1.41. The highest BCUT2D eigenvalue weighted by atomic mass is 32.2. The van der Waals surface area contributed by atoms with Crippen LogP contribution in [0.15, 0.2) is 47.7 Å². The van der Waals surface area contributed by atoms with Crippen molar-refractivity contribution in [2.45, 2.75) is 36.5 Å². The van der Waals surface area contributed by atoms with Gasteiger partial charge < -0.3 is 30.3 Å². The smallest absolute Gasteiger partial charge is 0.231 e. The van der Waals surface area contributed by atoms with Crippen molar-refractivity contribution >= 4 is 28.5 Å². The Morgan fingerprint density at radius 2 is 2.10 bits per heavy atom. The summed E-state index contributed by atoms with van der Waals surface area (Å²) in [5, 5.41) is 27.3. The van der Waals surface area contributed by atoms with Gasteiger partial charge in [-0.25, -0.2) is 0 Å². The second kappa shape index (κ2) is 8.37. The van der Waals surface area contributed by atoms with Crippen LogP contribution in [-0.2, 0) is 11.3 Å². The molecule has 5 rings (SSSR count). The number of amidine groups is 1. The minimum atomic E-state index is -1.02. The lowest BCUT2D eigenvalue weighted by molar-refractivity contribution is -0.129. The van der Waals surface area contributed by atoms with Gasteiger partial charge >= 0.3 is 0 Å². The number of hydrogen-bond donors (Lipinski definition) is 4. The Morgan fingerprint density at radius 3 is 2.94 bits per heavy atom. The minimum Gasteiger partial charge on any atom is -0.454 e. The van der Waals surface area contributed by atoms with E-state index in [1.165, 1.54) is 11.8 Å². The molecule has 9 nitrogen and oxygen atoms in total. The molecule has 2 aliphatic heterocycles. The molecule has 0 saturated heterocycles. The average Bonchev–Trinajstić information content (AvgIpc) is 3.42. The molecule has 0 unspecified atom stereocenters. The van der Waals surface area contributed by atoms with Crippen molar-refractivity contribution < 1.29 is 24.5 Å². The van der Waals surface area contributed by atoms with Crippen LogP contribution in [0.1, 0.15) is 12.0 Å². The van der Waals surface area contributed by atoms with Crippen LogP contribution in [0.5, 0.6) is 11.5 Å². The molecule has 3 aliphatic rings. The predicted molar refractivity (Wildman–Crippen MR) is 115 cm³/mol. The first-order valence-electron chi connectivity index (χ1n) is 10.0. The van der Waals surface area contributed by atoms with Gasteiger partial charge in [0.25, 0.3) is 0 Å². The number of aliphatic hydroxyl groups excluding tert-OH is 2. The number of aliphatic imine (C=N–C) groups is 1. The van der Waals surface area contributed by atoms with E-state index in [0.717, 1.165) is 11.3 Å². The van der Waals surface area contributed by atoms with E-state index in [0.29, 0.717) is 23.2 Å². The zero-order chi connectivity index (χ0) is 21.4. The second-order valence-corrected chi connectivity index (χ2v) is 8.85. The molecule has 1 amide bonds. The van der Waals surface area contributed by atoms with Crippen LogP contribution in [0.2, 0.25) is 0 Å². The minimum absolute atomic E-state index is 0.170. The van der Waals surface area contributed by atoms with Crippen LogP contribution in [0.3, 0.4) is 0 Å². The van der Waals surface area contributed by atoms with Crippen molar-refractivity contribution in [1.29, 1.82) is 0 Å². The van der Waals surface area contributed by atoms with Gasteiger partial charge in [0.15, 0.2) is 16.7 Å². The first-order valence-corrected chi connectivity index (χ1v) is 10.9. The number of pyridine rings is 1. The number of anilines is 1. The van der Waals surface area contributed by atoms with Gasteiger partial charge in [0, 0.05) is 35.9 Å². The fraction of sp³-hybridized carbons (Fsp3) is 0.381. The van der Waals surface area contributed by atoms with Crippen molar-refractivity contribution in [1.82, 2.24) is 10.3 Å². The van der Waals surface area contributed by atoms with Crippen LogP contribution < -0.4 is 20.1 Å². The van der Waals surface area contributed by atoms with E-state index in [-0.39, 0.29) is 24.4 Å². The third kappa shape index (κ3) is 4.06. The summed E-state index contributed by atoms with van der Waals surface area (Å²) in [7, 11) is 0. The molecule has 1 fully saturated rings. The van der Waals surface area contributed by atoms with Gasteiger partial charge in [-0.2, -0.15) is 0 Å². The van der Waals surface area contributed by atoms with E-state index in [1.807, 2.05) is 30.3 Å².